The van der Waals surface area contributed by atoms with Crippen molar-refractivity contribution >= 4 is 23.1 Å². The standard InChI is InChI=1S/C26H27ClN2O3/c27-24-8-4-5-9-25(24)29-16-14-28(15-17-29)18-22(30)19-32-23-12-10-21(11-13-23)26(31)20-6-2-1-3-7-20/h1-13,22,30H,14-19H2/t22-/m1/s1. The Morgan fingerprint density at radius 3 is 2.19 bits per heavy atom. The van der Waals surface area contributed by atoms with Crippen LogP contribution in [0.4, 0.5) is 5.69 Å². The van der Waals surface area contributed by atoms with E-state index in [2.05, 4.69) is 9.80 Å². The number of carbonyl (C=O) groups is 1. The SMILES string of the molecule is O=C(c1ccccc1)c1ccc(OC[C@H](O)CN2CCN(c3ccccc3Cl)CC2)cc1. The Morgan fingerprint density at radius 1 is 0.875 bits per heavy atom. The molecule has 3 aromatic carbocycles. The average molecular weight is 451 g/mol. The molecule has 0 amide bonds. The van der Waals surface area contributed by atoms with Gasteiger partial charge < -0.3 is 14.7 Å². The molecule has 166 valence electrons. The van der Waals surface area contributed by atoms with Crippen LogP contribution in [-0.2, 0) is 0 Å². The molecule has 0 radical (unpaired) electrons. The maximum atomic E-state index is 12.5. The lowest BCUT2D eigenvalue weighted by Gasteiger charge is -2.37. The van der Waals surface area contributed by atoms with Crippen molar-refractivity contribution < 1.29 is 14.6 Å². The first-order valence-electron chi connectivity index (χ1n) is 10.8. The van der Waals surface area contributed by atoms with Gasteiger partial charge in [0.2, 0.25) is 0 Å². The molecular weight excluding hydrogens is 424 g/mol. The number of piperazine rings is 1. The molecule has 4 rings (SSSR count). The minimum atomic E-state index is -0.590. The largest absolute Gasteiger partial charge is 0.491 e. The van der Waals surface area contributed by atoms with Gasteiger partial charge in [0.25, 0.3) is 0 Å². The van der Waals surface area contributed by atoms with Gasteiger partial charge in [0.1, 0.15) is 18.5 Å². The molecule has 1 saturated heterocycles. The smallest absolute Gasteiger partial charge is 0.193 e. The van der Waals surface area contributed by atoms with Gasteiger partial charge in [-0.25, -0.2) is 0 Å². The third kappa shape index (κ3) is 5.68. The van der Waals surface area contributed by atoms with Crippen LogP contribution in [-0.4, -0.2) is 61.2 Å². The third-order valence-electron chi connectivity index (χ3n) is 5.63. The molecule has 0 aromatic heterocycles. The zero-order chi connectivity index (χ0) is 22.3. The zero-order valence-corrected chi connectivity index (χ0v) is 18.6. The number of rotatable bonds is 8. The number of halogens is 1. The Labute approximate surface area is 193 Å². The first-order chi connectivity index (χ1) is 15.6. The van der Waals surface area contributed by atoms with E-state index in [0.717, 1.165) is 36.9 Å². The molecule has 6 heteroatoms. The van der Waals surface area contributed by atoms with E-state index in [4.69, 9.17) is 16.3 Å². The van der Waals surface area contributed by atoms with Gasteiger partial charge in [-0.05, 0) is 36.4 Å². The van der Waals surface area contributed by atoms with Gasteiger partial charge in [-0.2, -0.15) is 0 Å². The number of nitrogens with zero attached hydrogens (tertiary/aromatic N) is 2. The zero-order valence-electron chi connectivity index (χ0n) is 17.9. The minimum Gasteiger partial charge on any atom is -0.491 e. The fourth-order valence-corrected chi connectivity index (χ4v) is 4.14. The van der Waals surface area contributed by atoms with Gasteiger partial charge in [0.05, 0.1) is 10.7 Å². The number of ether oxygens (including phenoxy) is 1. The molecule has 0 unspecified atom stereocenters. The highest BCUT2D eigenvalue weighted by Crippen LogP contribution is 2.26. The number of carbonyl (C=O) groups excluding carboxylic acids is 1. The van der Waals surface area contributed by atoms with Gasteiger partial charge in [0, 0.05) is 43.9 Å². The van der Waals surface area contributed by atoms with Crippen LogP contribution in [0.1, 0.15) is 15.9 Å². The summed E-state index contributed by atoms with van der Waals surface area (Å²) in [4.78, 5) is 17.0. The third-order valence-corrected chi connectivity index (χ3v) is 5.95. The van der Waals surface area contributed by atoms with Crippen molar-refractivity contribution in [2.45, 2.75) is 6.10 Å². The Bertz CT molecular complexity index is 1020. The van der Waals surface area contributed by atoms with Crippen molar-refractivity contribution in [3.8, 4) is 5.75 Å². The van der Waals surface area contributed by atoms with Gasteiger partial charge in [-0.3, -0.25) is 9.69 Å². The summed E-state index contributed by atoms with van der Waals surface area (Å²) in [6.07, 6.45) is -0.590. The van der Waals surface area contributed by atoms with E-state index in [9.17, 15) is 9.90 Å². The molecule has 1 fully saturated rings. The number of para-hydroxylation sites is 1. The van der Waals surface area contributed by atoms with Crippen molar-refractivity contribution in [2.24, 2.45) is 0 Å². The average Bonchev–Trinajstić information content (AvgIpc) is 2.84. The van der Waals surface area contributed by atoms with Crippen molar-refractivity contribution in [3.05, 3.63) is 95.0 Å². The van der Waals surface area contributed by atoms with Crippen LogP contribution < -0.4 is 9.64 Å². The fourth-order valence-electron chi connectivity index (χ4n) is 3.88. The quantitative estimate of drug-likeness (QED) is 0.523. The fraction of sp³-hybridized carbons (Fsp3) is 0.269. The number of β-amino-alcohol motifs (C(OH)–C–C–N with tert-alkyl or cyclic N) is 1. The van der Waals surface area contributed by atoms with Crippen LogP contribution in [0, 0.1) is 0 Å². The summed E-state index contributed by atoms with van der Waals surface area (Å²) in [7, 11) is 0. The molecule has 1 N–H and O–H groups in total. The van der Waals surface area contributed by atoms with Crippen LogP contribution in [0.2, 0.25) is 5.02 Å². The molecule has 0 bridgehead atoms. The highest BCUT2D eigenvalue weighted by molar-refractivity contribution is 6.33. The van der Waals surface area contributed by atoms with E-state index in [1.54, 1.807) is 36.4 Å². The van der Waals surface area contributed by atoms with E-state index < -0.39 is 6.10 Å². The summed E-state index contributed by atoms with van der Waals surface area (Å²) in [6, 6.07) is 24.1. The molecule has 1 heterocycles. The Kier molecular flexibility index (Phi) is 7.43. The maximum absolute atomic E-state index is 12.5. The second kappa shape index (κ2) is 10.6. The molecule has 0 spiro atoms. The lowest BCUT2D eigenvalue weighted by atomic mass is 10.0. The topological polar surface area (TPSA) is 53.0 Å². The predicted octanol–water partition coefficient (Wildman–Crippen LogP) is 4.13. The molecule has 0 saturated carbocycles. The van der Waals surface area contributed by atoms with E-state index in [1.807, 2.05) is 42.5 Å². The van der Waals surface area contributed by atoms with Crippen LogP contribution in [0.25, 0.3) is 0 Å². The lowest BCUT2D eigenvalue weighted by molar-refractivity contribution is 0.0663. The highest BCUT2D eigenvalue weighted by atomic mass is 35.5. The van der Waals surface area contributed by atoms with Crippen molar-refractivity contribution in [1.82, 2.24) is 4.90 Å². The normalized spacial score (nSPS) is 15.4. The van der Waals surface area contributed by atoms with E-state index >= 15 is 0 Å². The summed E-state index contributed by atoms with van der Waals surface area (Å²) in [5, 5.41) is 11.2. The van der Waals surface area contributed by atoms with Crippen LogP contribution in [0.3, 0.4) is 0 Å². The van der Waals surface area contributed by atoms with E-state index in [-0.39, 0.29) is 12.4 Å². The molecule has 32 heavy (non-hydrogen) atoms. The summed E-state index contributed by atoms with van der Waals surface area (Å²) in [5.74, 6) is 0.616. The number of ketones is 1. The first kappa shape index (κ1) is 22.3. The summed E-state index contributed by atoms with van der Waals surface area (Å²) >= 11 is 6.31. The molecule has 3 aromatic rings. The second-order valence-corrected chi connectivity index (χ2v) is 8.33. The Morgan fingerprint density at radius 2 is 1.50 bits per heavy atom. The molecule has 1 atom stereocenters. The molecule has 0 aliphatic carbocycles. The number of hydrogen-bond acceptors (Lipinski definition) is 5. The maximum Gasteiger partial charge on any atom is 0.193 e. The number of benzene rings is 3. The van der Waals surface area contributed by atoms with Crippen LogP contribution >= 0.6 is 11.6 Å². The molecule has 5 nitrogen and oxygen atoms in total. The monoisotopic (exact) mass is 450 g/mol. The number of anilines is 1. The number of aliphatic hydroxyl groups excluding tert-OH is 1. The summed E-state index contributed by atoms with van der Waals surface area (Å²) in [6.45, 7) is 4.22. The van der Waals surface area contributed by atoms with Gasteiger partial charge in [0.15, 0.2) is 5.78 Å². The second-order valence-electron chi connectivity index (χ2n) is 7.92. The van der Waals surface area contributed by atoms with Gasteiger partial charge >= 0.3 is 0 Å². The number of hydrogen-bond donors (Lipinski definition) is 1. The Balaban J connectivity index is 1.22. The van der Waals surface area contributed by atoms with Crippen molar-refractivity contribution in [2.75, 3.05) is 44.2 Å². The molecule has 1 aliphatic heterocycles. The van der Waals surface area contributed by atoms with Gasteiger partial charge in [-0.15, -0.1) is 0 Å². The van der Waals surface area contributed by atoms with Crippen molar-refractivity contribution in [1.29, 1.82) is 0 Å². The summed E-state index contributed by atoms with van der Waals surface area (Å²) in [5.41, 5.74) is 2.33. The van der Waals surface area contributed by atoms with Gasteiger partial charge in [-0.1, -0.05) is 54.1 Å². The minimum absolute atomic E-state index is 0.0203. The predicted molar refractivity (Wildman–Crippen MR) is 128 cm³/mol. The molecular formula is C26H27ClN2O3. The highest BCUT2D eigenvalue weighted by Gasteiger charge is 2.21. The van der Waals surface area contributed by atoms with Crippen LogP contribution in [0.15, 0.2) is 78.9 Å². The van der Waals surface area contributed by atoms with Crippen LogP contribution in [0.5, 0.6) is 5.75 Å². The summed E-state index contributed by atoms with van der Waals surface area (Å²) < 4.78 is 5.74. The van der Waals surface area contributed by atoms with E-state index in [0.29, 0.717) is 23.4 Å². The Hall–Kier alpha value is -2.86. The molecule has 1 aliphatic rings. The van der Waals surface area contributed by atoms with Crippen molar-refractivity contribution in [3.63, 3.8) is 0 Å². The first-order valence-corrected chi connectivity index (χ1v) is 11.2. The number of aliphatic hydroxyl groups is 1. The lowest BCUT2D eigenvalue weighted by Crippen LogP contribution is -2.49. The van der Waals surface area contributed by atoms with E-state index in [1.165, 1.54) is 0 Å².